The van der Waals surface area contributed by atoms with Gasteiger partial charge in [0.1, 0.15) is 0 Å². The molecular weight excluding hydrogens is 538 g/mol. The average molecular weight is 571 g/mol. The quantitative estimate of drug-likeness (QED) is 0.312. The summed E-state index contributed by atoms with van der Waals surface area (Å²) in [6, 6.07) is 7.19. The third-order valence-electron chi connectivity index (χ3n) is 7.07. The van der Waals surface area contributed by atoms with Gasteiger partial charge in [-0.1, -0.05) is 19.9 Å². The second-order valence-corrected chi connectivity index (χ2v) is 11.7. The fourth-order valence-electron chi connectivity index (χ4n) is 4.80. The Hall–Kier alpha value is -3.83. The largest absolute Gasteiger partial charge is 0.358 e. The van der Waals surface area contributed by atoms with E-state index in [9.17, 15) is 26.8 Å². The number of aromatic amines is 1. The molecule has 8 nitrogen and oxygen atoms in total. The molecule has 0 unspecified atom stereocenters. The summed E-state index contributed by atoms with van der Waals surface area (Å²) in [5.41, 5.74) is 3.52. The topological polar surface area (TPSA) is 111 Å². The highest BCUT2D eigenvalue weighted by Gasteiger charge is 2.28. The first kappa shape index (κ1) is 29.2. The molecule has 11 heteroatoms. The number of carbonyl (C=O) groups is 2. The van der Waals surface area contributed by atoms with Crippen molar-refractivity contribution in [2.24, 2.45) is 0 Å². The van der Waals surface area contributed by atoms with E-state index in [1.165, 1.54) is 24.3 Å². The molecule has 0 radical (unpaired) electrons. The average Bonchev–Trinajstić information content (AvgIpc) is 3.37. The summed E-state index contributed by atoms with van der Waals surface area (Å²) in [6.07, 6.45) is 1.60. The van der Waals surface area contributed by atoms with Crippen LogP contribution < -0.4 is 10.6 Å². The number of H-pyrrole nitrogens is 1. The number of sulfone groups is 1. The zero-order valence-corrected chi connectivity index (χ0v) is 23.6. The van der Waals surface area contributed by atoms with Crippen LogP contribution in [0.5, 0.6) is 0 Å². The van der Waals surface area contributed by atoms with Crippen LogP contribution in [0.2, 0.25) is 0 Å². The van der Waals surface area contributed by atoms with Gasteiger partial charge in [0.15, 0.2) is 21.5 Å². The molecule has 0 spiro atoms. The van der Waals surface area contributed by atoms with Crippen molar-refractivity contribution in [1.29, 1.82) is 0 Å². The van der Waals surface area contributed by atoms with Crippen LogP contribution in [0.4, 0.5) is 14.5 Å². The summed E-state index contributed by atoms with van der Waals surface area (Å²) >= 11 is 0. The van der Waals surface area contributed by atoms with E-state index in [1.54, 1.807) is 19.9 Å². The molecule has 0 atom stereocenters. The smallest absolute Gasteiger partial charge is 0.256 e. The number of nitrogens with zero attached hydrogens (tertiary/aromatic N) is 1. The maximum absolute atomic E-state index is 13.6. The molecule has 2 amide bonds. The molecule has 2 aromatic carbocycles. The van der Waals surface area contributed by atoms with Crippen molar-refractivity contribution in [3.63, 3.8) is 0 Å². The molecule has 1 aliphatic heterocycles. The van der Waals surface area contributed by atoms with Crippen LogP contribution >= 0.6 is 0 Å². The number of hydrogen-bond donors (Lipinski definition) is 3. The Morgan fingerprint density at radius 3 is 2.45 bits per heavy atom. The highest BCUT2D eigenvalue weighted by atomic mass is 32.2. The predicted octanol–water partition coefficient (Wildman–Crippen LogP) is 4.45. The number of rotatable bonds is 10. The Morgan fingerprint density at radius 2 is 1.77 bits per heavy atom. The van der Waals surface area contributed by atoms with Crippen molar-refractivity contribution in [2.45, 2.75) is 38.3 Å². The molecular formula is C29H32F2N4O4S. The normalized spacial score (nSPS) is 14.1. The van der Waals surface area contributed by atoms with Crippen molar-refractivity contribution in [3.8, 4) is 0 Å². The number of amides is 2. The first-order valence-corrected chi connectivity index (χ1v) is 14.6. The highest BCUT2D eigenvalue weighted by molar-refractivity contribution is 7.90. The van der Waals surface area contributed by atoms with Gasteiger partial charge in [-0.15, -0.1) is 0 Å². The van der Waals surface area contributed by atoms with Gasteiger partial charge < -0.3 is 20.5 Å². The van der Waals surface area contributed by atoms with E-state index in [1.807, 2.05) is 0 Å². The molecule has 1 aromatic heterocycles. The van der Waals surface area contributed by atoms with Crippen molar-refractivity contribution in [1.82, 2.24) is 15.2 Å². The number of likely N-dealkylation sites (N-methyl/N-ethyl adjacent to an activating group) is 1. The van der Waals surface area contributed by atoms with Gasteiger partial charge in [0.25, 0.3) is 11.8 Å². The Bertz CT molecular complexity index is 1610. The summed E-state index contributed by atoms with van der Waals surface area (Å²) in [7, 11) is -3.94. The Labute approximate surface area is 232 Å². The van der Waals surface area contributed by atoms with Gasteiger partial charge >= 0.3 is 0 Å². The maximum atomic E-state index is 13.6. The number of aromatic nitrogens is 1. The van der Waals surface area contributed by atoms with Crippen molar-refractivity contribution in [3.05, 3.63) is 81.7 Å². The van der Waals surface area contributed by atoms with Crippen LogP contribution in [0.3, 0.4) is 0 Å². The van der Waals surface area contributed by atoms with Gasteiger partial charge in [0.05, 0.1) is 21.8 Å². The van der Waals surface area contributed by atoms with Crippen LogP contribution in [0.25, 0.3) is 11.6 Å². The SMILES string of the molecule is CCN(CC)CCNC(=O)c1c(C)[nH]c(/C=C2\C(=O)Nc3ccc(S(=O)(=O)Cc4ccc(F)c(F)c4)cc32)c1C. The molecule has 3 aromatic rings. The summed E-state index contributed by atoms with van der Waals surface area (Å²) < 4.78 is 53.1. The van der Waals surface area contributed by atoms with Crippen LogP contribution in [-0.2, 0) is 20.4 Å². The van der Waals surface area contributed by atoms with Crippen LogP contribution in [0.15, 0.2) is 41.3 Å². The van der Waals surface area contributed by atoms with Gasteiger partial charge in [-0.05, 0) is 74.5 Å². The predicted molar refractivity (Wildman–Crippen MR) is 151 cm³/mol. The fourth-order valence-corrected chi connectivity index (χ4v) is 6.15. The van der Waals surface area contributed by atoms with E-state index >= 15 is 0 Å². The molecule has 0 fully saturated rings. The first-order chi connectivity index (χ1) is 18.9. The number of halogens is 2. The molecule has 0 saturated heterocycles. The van der Waals surface area contributed by atoms with Gasteiger partial charge in [0.2, 0.25) is 0 Å². The van der Waals surface area contributed by atoms with E-state index in [4.69, 9.17) is 0 Å². The first-order valence-electron chi connectivity index (χ1n) is 13.0. The Kier molecular flexibility index (Phi) is 8.55. The minimum atomic E-state index is -3.94. The molecule has 4 rings (SSSR count). The van der Waals surface area contributed by atoms with E-state index < -0.39 is 33.1 Å². The number of benzene rings is 2. The third kappa shape index (κ3) is 6.00. The lowest BCUT2D eigenvalue weighted by molar-refractivity contribution is -0.110. The molecule has 40 heavy (non-hydrogen) atoms. The number of hydrogen-bond acceptors (Lipinski definition) is 5. The lowest BCUT2D eigenvalue weighted by Gasteiger charge is -2.18. The Balaban J connectivity index is 1.61. The second kappa shape index (κ2) is 11.7. The van der Waals surface area contributed by atoms with Crippen molar-refractivity contribution >= 4 is 39.0 Å². The lowest BCUT2D eigenvalue weighted by Crippen LogP contribution is -2.35. The summed E-state index contributed by atoms with van der Waals surface area (Å²) in [6.45, 7) is 10.7. The summed E-state index contributed by atoms with van der Waals surface area (Å²) in [5, 5.41) is 5.68. The van der Waals surface area contributed by atoms with Gasteiger partial charge in [-0.3, -0.25) is 9.59 Å². The molecule has 2 heterocycles. The maximum Gasteiger partial charge on any atom is 0.256 e. The van der Waals surface area contributed by atoms with Crippen LogP contribution in [0.1, 0.15) is 52.3 Å². The molecule has 0 saturated carbocycles. The van der Waals surface area contributed by atoms with E-state index in [0.717, 1.165) is 31.8 Å². The number of fused-ring (bicyclic) bond motifs is 1. The zero-order valence-electron chi connectivity index (χ0n) is 22.8. The van der Waals surface area contributed by atoms with Crippen molar-refractivity contribution in [2.75, 3.05) is 31.5 Å². The highest BCUT2D eigenvalue weighted by Crippen LogP contribution is 2.36. The lowest BCUT2D eigenvalue weighted by atomic mass is 10.0. The number of anilines is 1. The van der Waals surface area contributed by atoms with Gasteiger partial charge in [-0.2, -0.15) is 0 Å². The minimum absolute atomic E-state index is 0.0639. The van der Waals surface area contributed by atoms with Crippen molar-refractivity contribution < 1.29 is 26.8 Å². The molecule has 1 aliphatic rings. The molecule has 0 bridgehead atoms. The number of carbonyl (C=O) groups excluding carboxylic acids is 2. The fraction of sp³-hybridized carbons (Fsp3) is 0.310. The van der Waals surface area contributed by atoms with Crippen LogP contribution in [0, 0.1) is 25.5 Å². The standard InChI is InChI=1S/C29H32F2N4O4S/c1-5-35(6-2)12-11-32-29(37)27-17(3)26(33-18(27)4)15-22-21-14-20(8-10-25(21)34-28(22)36)40(38,39)16-19-7-9-23(30)24(31)13-19/h7-10,13-15,33H,5-6,11-12,16H2,1-4H3,(H,32,37)(H,34,36)/b22-15-. The minimum Gasteiger partial charge on any atom is -0.358 e. The van der Waals surface area contributed by atoms with E-state index in [2.05, 4.69) is 34.4 Å². The van der Waals surface area contributed by atoms with E-state index in [0.29, 0.717) is 40.3 Å². The zero-order chi connectivity index (χ0) is 29.2. The summed E-state index contributed by atoms with van der Waals surface area (Å²) in [4.78, 5) is 31.1. The van der Waals surface area contributed by atoms with Gasteiger partial charge in [0, 0.05) is 35.7 Å². The monoisotopic (exact) mass is 570 g/mol. The molecule has 212 valence electrons. The Morgan fingerprint density at radius 1 is 1.05 bits per heavy atom. The second-order valence-electron chi connectivity index (χ2n) is 9.67. The van der Waals surface area contributed by atoms with Gasteiger partial charge in [-0.25, -0.2) is 17.2 Å². The number of aryl methyl sites for hydroxylation is 1. The third-order valence-corrected chi connectivity index (χ3v) is 8.76. The summed E-state index contributed by atoms with van der Waals surface area (Å²) in [5.74, 6) is -3.36. The number of nitrogens with one attached hydrogen (secondary N) is 3. The van der Waals surface area contributed by atoms with E-state index in [-0.39, 0.29) is 21.9 Å². The van der Waals surface area contributed by atoms with Crippen LogP contribution in [-0.4, -0.2) is 56.3 Å². The molecule has 0 aliphatic carbocycles. The molecule has 3 N–H and O–H groups in total.